The zero-order chi connectivity index (χ0) is 20.1. The van der Waals surface area contributed by atoms with Crippen molar-refractivity contribution in [2.45, 2.75) is 19.9 Å². The predicted molar refractivity (Wildman–Crippen MR) is 103 cm³/mol. The molecule has 0 radical (unpaired) electrons. The quantitative estimate of drug-likeness (QED) is 0.582. The van der Waals surface area contributed by atoms with Crippen LogP contribution in [0.25, 0.3) is 16.8 Å². The molecule has 0 aliphatic carbocycles. The van der Waals surface area contributed by atoms with Crippen molar-refractivity contribution in [1.82, 2.24) is 24.7 Å². The first-order valence-corrected chi connectivity index (χ1v) is 8.91. The Morgan fingerprint density at radius 1 is 1.18 bits per heavy atom. The fourth-order valence-electron chi connectivity index (χ4n) is 2.82. The molecule has 9 nitrogen and oxygen atoms in total. The van der Waals surface area contributed by atoms with Crippen molar-refractivity contribution in [1.29, 1.82) is 0 Å². The van der Waals surface area contributed by atoms with Crippen LogP contribution in [0.4, 0.5) is 0 Å². The van der Waals surface area contributed by atoms with E-state index in [0.717, 1.165) is 16.0 Å². The number of benzene rings is 1. The molecule has 0 spiro atoms. The van der Waals surface area contributed by atoms with Crippen LogP contribution >= 0.6 is 0 Å². The number of aromatic nitrogens is 4. The number of carbonyl (C=O) groups is 1. The van der Waals surface area contributed by atoms with Gasteiger partial charge in [-0.05, 0) is 43.7 Å². The number of hydrogen-bond donors (Lipinski definition) is 1. The van der Waals surface area contributed by atoms with E-state index in [0.29, 0.717) is 36.6 Å². The molecule has 1 amide bonds. The smallest absolute Gasteiger partial charge is 0.293 e. The number of ether oxygens (including phenoxy) is 2. The summed E-state index contributed by atoms with van der Waals surface area (Å²) in [7, 11) is 3.21. The molecule has 0 saturated heterocycles. The number of methoxy groups -OCH3 is 2. The van der Waals surface area contributed by atoms with Gasteiger partial charge < -0.3 is 14.8 Å². The van der Waals surface area contributed by atoms with Crippen LogP contribution in [-0.4, -0.2) is 52.7 Å². The Morgan fingerprint density at radius 2 is 1.93 bits per heavy atom. The third-order valence-corrected chi connectivity index (χ3v) is 4.26. The molecule has 1 aromatic carbocycles. The van der Waals surface area contributed by atoms with Gasteiger partial charge in [0.1, 0.15) is 23.6 Å². The van der Waals surface area contributed by atoms with E-state index >= 15 is 0 Å². The van der Waals surface area contributed by atoms with Gasteiger partial charge in [-0.3, -0.25) is 9.59 Å². The van der Waals surface area contributed by atoms with E-state index in [1.807, 2.05) is 24.3 Å². The highest BCUT2D eigenvalue weighted by Gasteiger charge is 2.14. The summed E-state index contributed by atoms with van der Waals surface area (Å²) in [5.74, 6) is 0.982. The fraction of sp³-hybridized carbons (Fsp3) is 0.368. The molecule has 148 valence electrons. The maximum absolute atomic E-state index is 12.8. The fourth-order valence-corrected chi connectivity index (χ4v) is 2.82. The Labute approximate surface area is 161 Å². The van der Waals surface area contributed by atoms with Crippen LogP contribution in [0.2, 0.25) is 0 Å². The number of rotatable bonds is 8. The molecule has 0 atom stereocenters. The largest absolute Gasteiger partial charge is 0.497 e. The van der Waals surface area contributed by atoms with E-state index in [9.17, 15) is 9.59 Å². The minimum atomic E-state index is -0.370. The minimum absolute atomic E-state index is 0.147. The molecule has 3 rings (SSSR count). The zero-order valence-corrected chi connectivity index (χ0v) is 16.1. The summed E-state index contributed by atoms with van der Waals surface area (Å²) in [5, 5.41) is 11.4. The molecule has 0 fully saturated rings. The second kappa shape index (κ2) is 8.66. The molecule has 1 N–H and O–H groups in total. The first kappa shape index (κ1) is 19.6. The summed E-state index contributed by atoms with van der Waals surface area (Å²) in [4.78, 5) is 24.8. The van der Waals surface area contributed by atoms with Crippen LogP contribution in [0.3, 0.4) is 0 Å². The lowest BCUT2D eigenvalue weighted by molar-refractivity contribution is -0.121. The molecule has 9 heteroatoms. The van der Waals surface area contributed by atoms with Gasteiger partial charge in [0.2, 0.25) is 5.91 Å². The number of aryl methyl sites for hydroxylation is 1. The molecule has 2 aromatic heterocycles. The van der Waals surface area contributed by atoms with Crippen LogP contribution in [-0.2, 0) is 16.1 Å². The first-order valence-electron chi connectivity index (χ1n) is 8.91. The number of nitrogens with zero attached hydrogens (tertiary/aromatic N) is 4. The molecule has 0 bridgehead atoms. The topological polar surface area (TPSA) is 99.8 Å². The molecule has 28 heavy (non-hydrogen) atoms. The SMILES string of the molecule is COCCCNC(=O)Cn1nc(C)n2nc(-c3ccc(OC)cc3)cc2c1=O. The van der Waals surface area contributed by atoms with Gasteiger partial charge in [0.05, 0.1) is 12.8 Å². The lowest BCUT2D eigenvalue weighted by Crippen LogP contribution is -2.35. The average Bonchev–Trinajstić information content (AvgIpc) is 3.16. The lowest BCUT2D eigenvalue weighted by atomic mass is 10.1. The van der Waals surface area contributed by atoms with Crippen molar-refractivity contribution in [3.05, 3.63) is 46.5 Å². The van der Waals surface area contributed by atoms with E-state index < -0.39 is 0 Å². The Morgan fingerprint density at radius 3 is 2.61 bits per heavy atom. The molecular weight excluding hydrogens is 362 g/mol. The van der Waals surface area contributed by atoms with Crippen LogP contribution in [0.5, 0.6) is 5.75 Å². The van der Waals surface area contributed by atoms with Crippen molar-refractivity contribution in [3.63, 3.8) is 0 Å². The van der Waals surface area contributed by atoms with Crippen molar-refractivity contribution in [2.75, 3.05) is 27.4 Å². The third-order valence-electron chi connectivity index (χ3n) is 4.26. The Balaban J connectivity index is 1.85. The highest BCUT2D eigenvalue weighted by atomic mass is 16.5. The van der Waals surface area contributed by atoms with Crippen LogP contribution in [0, 0.1) is 6.92 Å². The third kappa shape index (κ3) is 4.20. The molecule has 0 unspecified atom stereocenters. The number of carbonyl (C=O) groups excluding carboxylic acids is 1. The van der Waals surface area contributed by atoms with E-state index in [1.165, 1.54) is 4.52 Å². The summed E-state index contributed by atoms with van der Waals surface area (Å²) < 4.78 is 12.8. The van der Waals surface area contributed by atoms with Gasteiger partial charge in [-0.1, -0.05) is 0 Å². The number of amides is 1. The first-order chi connectivity index (χ1) is 13.5. The lowest BCUT2D eigenvalue weighted by Gasteiger charge is -2.08. The monoisotopic (exact) mass is 385 g/mol. The normalized spacial score (nSPS) is 11.0. The van der Waals surface area contributed by atoms with Gasteiger partial charge in [0.15, 0.2) is 0 Å². The van der Waals surface area contributed by atoms with E-state index in [1.54, 1.807) is 27.2 Å². The number of hydrogen-bond acceptors (Lipinski definition) is 6. The second-order valence-electron chi connectivity index (χ2n) is 6.26. The summed E-state index contributed by atoms with van der Waals surface area (Å²) in [6, 6.07) is 9.10. The van der Waals surface area contributed by atoms with Crippen molar-refractivity contribution >= 4 is 11.4 Å². The number of fused-ring (bicyclic) bond motifs is 1. The minimum Gasteiger partial charge on any atom is -0.497 e. The Bertz CT molecular complexity index is 1020. The maximum Gasteiger partial charge on any atom is 0.293 e. The highest BCUT2D eigenvalue weighted by molar-refractivity contribution is 5.75. The molecule has 0 saturated carbocycles. The Kier molecular flexibility index (Phi) is 6.05. The molecule has 2 heterocycles. The molecular formula is C19H23N5O4. The number of nitrogens with one attached hydrogen (secondary N) is 1. The summed E-state index contributed by atoms with van der Waals surface area (Å²) in [5.41, 5.74) is 1.49. The van der Waals surface area contributed by atoms with E-state index in [4.69, 9.17) is 9.47 Å². The average molecular weight is 385 g/mol. The summed E-state index contributed by atoms with van der Waals surface area (Å²) >= 11 is 0. The van der Waals surface area contributed by atoms with Gasteiger partial charge in [-0.15, -0.1) is 0 Å². The van der Waals surface area contributed by atoms with Crippen molar-refractivity contribution < 1.29 is 14.3 Å². The zero-order valence-electron chi connectivity index (χ0n) is 16.1. The van der Waals surface area contributed by atoms with Gasteiger partial charge in [-0.25, -0.2) is 9.20 Å². The Hall–Kier alpha value is -3.20. The van der Waals surface area contributed by atoms with Crippen molar-refractivity contribution in [2.24, 2.45) is 0 Å². The molecule has 0 aliphatic rings. The van der Waals surface area contributed by atoms with Crippen LogP contribution in [0.15, 0.2) is 35.1 Å². The van der Waals surface area contributed by atoms with Gasteiger partial charge in [-0.2, -0.15) is 10.2 Å². The van der Waals surface area contributed by atoms with Crippen LogP contribution < -0.4 is 15.6 Å². The maximum atomic E-state index is 12.8. The second-order valence-corrected chi connectivity index (χ2v) is 6.26. The van der Waals surface area contributed by atoms with Gasteiger partial charge in [0.25, 0.3) is 5.56 Å². The summed E-state index contributed by atoms with van der Waals surface area (Å²) in [6.45, 7) is 2.64. The highest BCUT2D eigenvalue weighted by Crippen LogP contribution is 2.21. The predicted octanol–water partition coefficient (Wildman–Crippen LogP) is 1.03. The summed E-state index contributed by atoms with van der Waals surface area (Å²) in [6.07, 6.45) is 0.705. The van der Waals surface area contributed by atoms with Gasteiger partial charge in [0, 0.05) is 25.8 Å². The van der Waals surface area contributed by atoms with E-state index in [2.05, 4.69) is 15.5 Å². The molecule has 0 aliphatic heterocycles. The standard InChI is InChI=1S/C19H23N5O4/c1-13-21-23(12-18(25)20-9-4-10-27-2)19(26)17-11-16(22-24(13)17)14-5-7-15(28-3)8-6-14/h5-8,11H,4,9-10,12H2,1-3H3,(H,20,25). The van der Waals surface area contributed by atoms with E-state index in [-0.39, 0.29) is 18.0 Å². The van der Waals surface area contributed by atoms with Crippen molar-refractivity contribution in [3.8, 4) is 17.0 Å². The van der Waals surface area contributed by atoms with Gasteiger partial charge >= 0.3 is 0 Å². The van der Waals surface area contributed by atoms with Crippen LogP contribution in [0.1, 0.15) is 12.2 Å². The molecule has 3 aromatic rings.